The van der Waals surface area contributed by atoms with Gasteiger partial charge in [0.25, 0.3) is 0 Å². The molecule has 0 spiro atoms. The molecule has 1 aromatic rings. The van der Waals surface area contributed by atoms with E-state index in [4.69, 9.17) is 4.74 Å². The molecule has 0 radical (unpaired) electrons. The first-order valence-corrected chi connectivity index (χ1v) is 9.37. The van der Waals surface area contributed by atoms with Crippen molar-refractivity contribution in [2.24, 2.45) is 11.8 Å². The summed E-state index contributed by atoms with van der Waals surface area (Å²) in [5.74, 6) is -0.182. The molecule has 2 N–H and O–H groups in total. The molecule has 1 atom stereocenters. The number of carbonyl (C=O) groups is 3. The number of hydrogen-bond acceptors (Lipinski definition) is 4. The summed E-state index contributed by atoms with van der Waals surface area (Å²) in [6, 6.07) is 6.74. The average molecular weight is 375 g/mol. The molecule has 1 saturated heterocycles. The molecule has 1 aliphatic heterocycles. The number of nitrogens with one attached hydrogen (secondary N) is 2. The fraction of sp³-hybridized carbons (Fsp3) is 0.550. The number of hydrogen-bond donors (Lipinski definition) is 2. The Hall–Kier alpha value is -2.57. The van der Waals surface area contributed by atoms with Gasteiger partial charge in [0.15, 0.2) is 0 Å². The number of amides is 3. The maximum Gasteiger partial charge on any atom is 0.410 e. The number of ether oxygens (including phenoxy) is 1. The Labute approximate surface area is 160 Å². The van der Waals surface area contributed by atoms with Crippen LogP contribution in [0.3, 0.4) is 0 Å². The number of anilines is 1. The van der Waals surface area contributed by atoms with Crippen LogP contribution in [-0.4, -0.2) is 42.0 Å². The molecular weight excluding hydrogens is 346 g/mol. The quantitative estimate of drug-likeness (QED) is 0.731. The van der Waals surface area contributed by atoms with Crippen LogP contribution < -0.4 is 10.6 Å². The van der Waals surface area contributed by atoms with Crippen LogP contribution in [0, 0.1) is 11.8 Å². The lowest BCUT2D eigenvalue weighted by Crippen LogP contribution is -2.47. The van der Waals surface area contributed by atoms with Gasteiger partial charge in [-0.2, -0.15) is 0 Å². The van der Waals surface area contributed by atoms with Crippen molar-refractivity contribution >= 4 is 23.6 Å². The first-order valence-electron chi connectivity index (χ1n) is 9.37. The van der Waals surface area contributed by atoms with Crippen LogP contribution >= 0.6 is 0 Å². The zero-order valence-electron chi connectivity index (χ0n) is 16.5. The van der Waals surface area contributed by atoms with E-state index in [1.807, 2.05) is 45.9 Å². The van der Waals surface area contributed by atoms with E-state index in [0.29, 0.717) is 31.8 Å². The van der Waals surface area contributed by atoms with Gasteiger partial charge in [-0.1, -0.05) is 39.8 Å². The van der Waals surface area contributed by atoms with E-state index in [1.54, 1.807) is 11.0 Å². The molecule has 1 aliphatic rings. The van der Waals surface area contributed by atoms with Gasteiger partial charge in [0.1, 0.15) is 12.6 Å². The normalized spacial score (nSPS) is 15.0. The fourth-order valence-corrected chi connectivity index (χ4v) is 2.90. The van der Waals surface area contributed by atoms with Crippen molar-refractivity contribution in [2.75, 3.05) is 18.5 Å². The molecule has 7 heteroatoms. The van der Waals surface area contributed by atoms with Gasteiger partial charge in [-0.15, -0.1) is 0 Å². The molecular formula is C20H29N3O4. The number of rotatable bonds is 8. The Morgan fingerprint density at radius 3 is 2.56 bits per heavy atom. The summed E-state index contributed by atoms with van der Waals surface area (Å²) >= 11 is 0. The number of benzene rings is 1. The first-order chi connectivity index (χ1) is 12.8. The number of carbonyl (C=O) groups excluding carboxylic acids is 3. The Morgan fingerprint density at radius 2 is 1.96 bits per heavy atom. The highest BCUT2D eigenvalue weighted by molar-refractivity contribution is 5.97. The summed E-state index contributed by atoms with van der Waals surface area (Å²) in [4.78, 5) is 37.9. The third-order valence-electron chi connectivity index (χ3n) is 4.27. The zero-order chi connectivity index (χ0) is 20.0. The van der Waals surface area contributed by atoms with E-state index < -0.39 is 6.04 Å². The summed E-state index contributed by atoms with van der Waals surface area (Å²) in [6.07, 6.45) is 0.0648. The van der Waals surface area contributed by atoms with Gasteiger partial charge in [0.05, 0.1) is 6.54 Å². The zero-order valence-corrected chi connectivity index (χ0v) is 16.5. The van der Waals surface area contributed by atoms with Crippen molar-refractivity contribution < 1.29 is 19.1 Å². The lowest BCUT2D eigenvalue weighted by molar-refractivity contribution is -0.127. The van der Waals surface area contributed by atoms with Gasteiger partial charge in [-0.05, 0) is 29.5 Å². The van der Waals surface area contributed by atoms with Gasteiger partial charge in [-0.3, -0.25) is 9.59 Å². The second-order valence-electron chi connectivity index (χ2n) is 7.61. The minimum absolute atomic E-state index is 0.0383. The Kier molecular flexibility index (Phi) is 7.21. The molecule has 0 aromatic heterocycles. The van der Waals surface area contributed by atoms with E-state index in [9.17, 15) is 14.4 Å². The van der Waals surface area contributed by atoms with E-state index in [-0.39, 0.29) is 29.7 Å². The Bertz CT molecular complexity index is 688. The van der Waals surface area contributed by atoms with Gasteiger partial charge >= 0.3 is 6.09 Å². The second-order valence-corrected chi connectivity index (χ2v) is 7.61. The van der Waals surface area contributed by atoms with E-state index in [0.717, 1.165) is 5.56 Å². The smallest absolute Gasteiger partial charge is 0.410 e. The van der Waals surface area contributed by atoms with Crippen molar-refractivity contribution in [3.8, 4) is 0 Å². The third kappa shape index (κ3) is 6.27. The predicted octanol–water partition coefficient (Wildman–Crippen LogP) is 2.76. The lowest BCUT2D eigenvalue weighted by Gasteiger charge is -2.22. The SMILES string of the molecule is CC(C)CC(=O)N[C@H](C(=O)Nc1cccc(CN2CCOC2=O)c1)C(C)C. The van der Waals surface area contributed by atoms with Crippen molar-refractivity contribution in [2.45, 2.75) is 46.7 Å². The molecule has 0 saturated carbocycles. The second kappa shape index (κ2) is 9.39. The minimum atomic E-state index is -0.603. The van der Waals surface area contributed by atoms with Crippen molar-refractivity contribution in [3.63, 3.8) is 0 Å². The number of nitrogens with zero attached hydrogens (tertiary/aromatic N) is 1. The van der Waals surface area contributed by atoms with Gasteiger partial charge in [0, 0.05) is 18.7 Å². The first kappa shape index (κ1) is 20.7. The molecule has 148 valence electrons. The summed E-state index contributed by atoms with van der Waals surface area (Å²) in [7, 11) is 0. The lowest BCUT2D eigenvalue weighted by atomic mass is 10.0. The molecule has 0 bridgehead atoms. The molecule has 1 aromatic carbocycles. The molecule has 3 amide bonds. The van der Waals surface area contributed by atoms with Crippen molar-refractivity contribution in [3.05, 3.63) is 29.8 Å². The summed E-state index contributed by atoms with van der Waals surface area (Å²) in [5.41, 5.74) is 1.53. The summed E-state index contributed by atoms with van der Waals surface area (Å²) in [6.45, 7) is 9.12. The predicted molar refractivity (Wildman–Crippen MR) is 103 cm³/mol. The highest BCUT2D eigenvalue weighted by atomic mass is 16.6. The molecule has 1 fully saturated rings. The highest BCUT2D eigenvalue weighted by Crippen LogP contribution is 2.16. The van der Waals surface area contributed by atoms with Crippen LogP contribution in [0.2, 0.25) is 0 Å². The molecule has 27 heavy (non-hydrogen) atoms. The number of cyclic esters (lactones) is 1. The molecule has 7 nitrogen and oxygen atoms in total. The third-order valence-corrected chi connectivity index (χ3v) is 4.27. The van der Waals surface area contributed by atoms with Crippen LogP contribution in [0.15, 0.2) is 24.3 Å². The van der Waals surface area contributed by atoms with Crippen molar-refractivity contribution in [1.82, 2.24) is 10.2 Å². The van der Waals surface area contributed by atoms with Crippen molar-refractivity contribution in [1.29, 1.82) is 0 Å². The van der Waals surface area contributed by atoms with Crippen LogP contribution in [-0.2, 0) is 20.9 Å². The molecule has 0 unspecified atom stereocenters. The molecule has 2 rings (SSSR count). The molecule has 0 aliphatic carbocycles. The van der Waals surface area contributed by atoms with E-state index in [1.165, 1.54) is 0 Å². The van der Waals surface area contributed by atoms with Crippen LogP contribution in [0.5, 0.6) is 0 Å². The largest absolute Gasteiger partial charge is 0.448 e. The van der Waals surface area contributed by atoms with Gasteiger partial charge < -0.3 is 20.3 Å². The van der Waals surface area contributed by atoms with Crippen LogP contribution in [0.1, 0.15) is 39.7 Å². The standard InChI is InChI=1S/C20H29N3O4/c1-13(2)10-17(24)22-18(14(3)4)19(25)21-16-7-5-6-15(11-16)12-23-8-9-27-20(23)26/h5-7,11,13-14,18H,8-10,12H2,1-4H3,(H,21,25)(H,22,24)/t18-/m0/s1. The maximum atomic E-state index is 12.7. The van der Waals surface area contributed by atoms with Gasteiger partial charge in [0.2, 0.25) is 11.8 Å². The monoisotopic (exact) mass is 375 g/mol. The van der Waals surface area contributed by atoms with Gasteiger partial charge in [-0.25, -0.2) is 4.79 Å². The van der Waals surface area contributed by atoms with E-state index in [2.05, 4.69) is 10.6 Å². The molecule has 1 heterocycles. The summed E-state index contributed by atoms with van der Waals surface area (Å²) in [5, 5.41) is 5.70. The maximum absolute atomic E-state index is 12.7. The van der Waals surface area contributed by atoms with E-state index >= 15 is 0 Å². The summed E-state index contributed by atoms with van der Waals surface area (Å²) < 4.78 is 4.93. The Balaban J connectivity index is 2.01. The van der Waals surface area contributed by atoms with Crippen LogP contribution in [0.25, 0.3) is 0 Å². The average Bonchev–Trinajstić information content (AvgIpc) is 2.97. The topological polar surface area (TPSA) is 87.7 Å². The Morgan fingerprint density at radius 1 is 1.22 bits per heavy atom. The minimum Gasteiger partial charge on any atom is -0.448 e. The van der Waals surface area contributed by atoms with Crippen LogP contribution in [0.4, 0.5) is 10.5 Å². The highest BCUT2D eigenvalue weighted by Gasteiger charge is 2.25. The fourth-order valence-electron chi connectivity index (χ4n) is 2.90.